The van der Waals surface area contributed by atoms with Crippen molar-refractivity contribution in [1.29, 1.82) is 0 Å². The number of rotatable bonds is 12. The van der Waals surface area contributed by atoms with E-state index in [1.807, 2.05) is 30.3 Å². The molecule has 2 aromatic carbocycles. The molecule has 0 spiro atoms. The van der Waals surface area contributed by atoms with Gasteiger partial charge in [-0.05, 0) is 54.5 Å². The molecule has 2 rings (SSSR count). The van der Waals surface area contributed by atoms with Crippen molar-refractivity contribution in [1.82, 2.24) is 4.90 Å². The summed E-state index contributed by atoms with van der Waals surface area (Å²) in [4.78, 5) is 21.6. The molecule has 6 nitrogen and oxygen atoms in total. The number of benzene rings is 2. The van der Waals surface area contributed by atoms with Crippen LogP contribution in [0.1, 0.15) is 51.7 Å². The molecular formula is C28H38FNO5. The molecule has 0 fully saturated rings. The number of carbonyl (C=O) groups is 2. The van der Waals surface area contributed by atoms with Crippen molar-refractivity contribution in [3.63, 3.8) is 0 Å². The Kier molecular flexibility index (Phi) is 12.9. The highest BCUT2D eigenvalue weighted by atomic mass is 19.1. The van der Waals surface area contributed by atoms with E-state index in [9.17, 15) is 19.1 Å². The monoisotopic (exact) mass is 487 g/mol. The van der Waals surface area contributed by atoms with Crippen molar-refractivity contribution in [2.24, 2.45) is 11.8 Å². The predicted molar refractivity (Wildman–Crippen MR) is 136 cm³/mol. The second kappa shape index (κ2) is 15.1. The number of halogens is 1. The molecular weight excluding hydrogens is 449 g/mol. The number of carboxylic acid groups (broad SMARTS) is 2. The average Bonchev–Trinajstić information content (AvgIpc) is 2.78. The van der Waals surface area contributed by atoms with E-state index in [4.69, 9.17) is 10.2 Å². The van der Waals surface area contributed by atoms with Gasteiger partial charge in [-0.15, -0.1) is 0 Å². The van der Waals surface area contributed by atoms with E-state index in [0.29, 0.717) is 30.4 Å². The highest BCUT2D eigenvalue weighted by Gasteiger charge is 2.31. The first-order valence-corrected chi connectivity index (χ1v) is 11.8. The Hall–Kier alpha value is -3.03. The summed E-state index contributed by atoms with van der Waals surface area (Å²) in [7, 11) is 0. The molecule has 0 aliphatic carbocycles. The van der Waals surface area contributed by atoms with Gasteiger partial charge in [-0.1, -0.05) is 70.2 Å². The van der Waals surface area contributed by atoms with Gasteiger partial charge in [0.25, 0.3) is 0 Å². The van der Waals surface area contributed by atoms with Gasteiger partial charge in [-0.25, -0.2) is 14.0 Å². The van der Waals surface area contributed by atoms with E-state index in [1.54, 1.807) is 12.1 Å². The van der Waals surface area contributed by atoms with Gasteiger partial charge >= 0.3 is 11.9 Å². The topological polar surface area (TPSA) is 98.1 Å². The predicted octanol–water partition coefficient (Wildman–Crippen LogP) is 5.17. The van der Waals surface area contributed by atoms with Gasteiger partial charge in [-0.2, -0.15) is 0 Å². The second-order valence-electron chi connectivity index (χ2n) is 9.39. The number of hydrogen-bond acceptors (Lipinski definition) is 4. The Bertz CT molecular complexity index is 902. The van der Waals surface area contributed by atoms with E-state index in [0.717, 1.165) is 37.2 Å². The van der Waals surface area contributed by atoms with Crippen LogP contribution in [0.4, 0.5) is 4.39 Å². The van der Waals surface area contributed by atoms with Gasteiger partial charge < -0.3 is 20.2 Å². The van der Waals surface area contributed by atoms with Crippen molar-refractivity contribution >= 4 is 11.9 Å². The van der Waals surface area contributed by atoms with Crippen LogP contribution in [0.5, 0.6) is 0 Å². The largest absolute Gasteiger partial charge is 0.478 e. The van der Waals surface area contributed by atoms with Gasteiger partial charge in [0, 0.05) is 25.2 Å². The minimum Gasteiger partial charge on any atom is -0.478 e. The molecule has 35 heavy (non-hydrogen) atoms. The van der Waals surface area contributed by atoms with Crippen molar-refractivity contribution in [2.75, 3.05) is 19.6 Å². The summed E-state index contributed by atoms with van der Waals surface area (Å²) in [5.41, 5.74) is 0.501. The maximum atomic E-state index is 13.4. The van der Waals surface area contributed by atoms with Crippen LogP contribution < -0.4 is 0 Å². The lowest BCUT2D eigenvalue weighted by Crippen LogP contribution is -2.34. The maximum absolute atomic E-state index is 13.4. The lowest BCUT2D eigenvalue weighted by atomic mass is 9.82. The van der Waals surface area contributed by atoms with Crippen molar-refractivity contribution in [2.45, 2.75) is 46.1 Å². The Balaban J connectivity index is 0.000000658. The fraction of sp³-hybridized carbons (Fsp3) is 0.429. The van der Waals surface area contributed by atoms with Crippen LogP contribution in [0.25, 0.3) is 0 Å². The normalized spacial score (nSPS) is 13.1. The molecule has 0 amide bonds. The molecule has 192 valence electrons. The van der Waals surface area contributed by atoms with Crippen LogP contribution in [0.3, 0.4) is 0 Å². The van der Waals surface area contributed by atoms with E-state index in [-0.39, 0.29) is 5.82 Å². The third kappa shape index (κ3) is 11.8. The molecule has 0 aliphatic heterocycles. The Morgan fingerprint density at radius 3 is 1.74 bits per heavy atom. The molecule has 2 aromatic rings. The van der Waals surface area contributed by atoms with E-state index < -0.39 is 17.5 Å². The van der Waals surface area contributed by atoms with Gasteiger partial charge in [0.2, 0.25) is 0 Å². The molecule has 0 radical (unpaired) electrons. The summed E-state index contributed by atoms with van der Waals surface area (Å²) in [6, 6.07) is 16.0. The minimum atomic E-state index is -1.26. The third-order valence-electron chi connectivity index (χ3n) is 5.20. The molecule has 0 aliphatic rings. The van der Waals surface area contributed by atoms with Crippen LogP contribution in [0.15, 0.2) is 66.7 Å². The molecule has 0 aromatic heterocycles. The molecule has 1 atom stereocenters. The fourth-order valence-corrected chi connectivity index (χ4v) is 3.89. The zero-order valence-corrected chi connectivity index (χ0v) is 21.0. The Morgan fingerprint density at radius 2 is 1.31 bits per heavy atom. The highest BCUT2D eigenvalue weighted by molar-refractivity contribution is 5.89. The summed E-state index contributed by atoms with van der Waals surface area (Å²) >= 11 is 0. The standard InChI is InChI=1S/C24H34FNO.C4H4O4/c1-19(2)17-26(18-20(3)4)16-8-15-24(27,21-9-6-5-7-10-21)22-11-13-23(25)14-12-22;5-3(6)1-2-4(7)8/h5-7,9-14,19-20,27H,8,15-18H2,1-4H3;1-2H,(H,5,6)(H,7,8)/b;2-1-. The first-order chi connectivity index (χ1) is 16.4. The van der Waals surface area contributed by atoms with Crippen molar-refractivity contribution in [3.8, 4) is 0 Å². The number of aliphatic hydroxyl groups is 1. The van der Waals surface area contributed by atoms with Gasteiger partial charge in [0.1, 0.15) is 11.4 Å². The first-order valence-electron chi connectivity index (χ1n) is 11.8. The SMILES string of the molecule is CC(C)CN(CCCC(O)(c1ccccc1)c1ccc(F)cc1)CC(C)C.O=C(O)/C=C\C(=O)O. The van der Waals surface area contributed by atoms with E-state index in [2.05, 4.69) is 32.6 Å². The molecule has 0 saturated carbocycles. The molecule has 1 unspecified atom stereocenters. The number of carboxylic acids is 2. The smallest absolute Gasteiger partial charge is 0.328 e. The fourth-order valence-electron chi connectivity index (χ4n) is 3.89. The van der Waals surface area contributed by atoms with E-state index in [1.165, 1.54) is 12.1 Å². The second-order valence-corrected chi connectivity index (χ2v) is 9.39. The van der Waals surface area contributed by atoms with E-state index >= 15 is 0 Å². The molecule has 3 N–H and O–H groups in total. The number of nitrogens with zero attached hydrogens (tertiary/aromatic N) is 1. The van der Waals surface area contributed by atoms with Crippen LogP contribution in [0, 0.1) is 17.7 Å². The molecule has 0 bridgehead atoms. The zero-order chi connectivity index (χ0) is 26.4. The van der Waals surface area contributed by atoms with Gasteiger partial charge in [-0.3, -0.25) is 0 Å². The average molecular weight is 488 g/mol. The van der Waals surface area contributed by atoms with Gasteiger partial charge in [0.05, 0.1) is 0 Å². The summed E-state index contributed by atoms with van der Waals surface area (Å²) in [5, 5.41) is 27.2. The Morgan fingerprint density at radius 1 is 0.857 bits per heavy atom. The van der Waals surface area contributed by atoms with Crippen LogP contribution in [-0.2, 0) is 15.2 Å². The van der Waals surface area contributed by atoms with Crippen molar-refractivity contribution in [3.05, 3.63) is 83.7 Å². The molecule has 7 heteroatoms. The Labute approximate surface area is 207 Å². The van der Waals surface area contributed by atoms with Crippen LogP contribution in [0.2, 0.25) is 0 Å². The summed E-state index contributed by atoms with van der Waals surface area (Å²) in [5.74, 6) is -1.56. The zero-order valence-electron chi connectivity index (χ0n) is 21.0. The maximum Gasteiger partial charge on any atom is 0.328 e. The van der Waals surface area contributed by atoms with Gasteiger partial charge in [0.15, 0.2) is 0 Å². The number of hydrogen-bond donors (Lipinski definition) is 3. The first kappa shape index (κ1) is 30.0. The summed E-state index contributed by atoms with van der Waals surface area (Å²) in [6.45, 7) is 12.1. The van der Waals surface area contributed by atoms with Crippen LogP contribution in [-0.4, -0.2) is 51.8 Å². The lowest BCUT2D eigenvalue weighted by Gasteiger charge is -2.32. The number of aliphatic carboxylic acids is 2. The quantitative estimate of drug-likeness (QED) is 0.358. The lowest BCUT2D eigenvalue weighted by molar-refractivity contribution is -0.134. The molecule has 0 heterocycles. The summed E-state index contributed by atoms with van der Waals surface area (Å²) < 4.78 is 13.4. The third-order valence-corrected chi connectivity index (χ3v) is 5.20. The molecule has 0 saturated heterocycles. The van der Waals surface area contributed by atoms with Crippen LogP contribution >= 0.6 is 0 Å². The summed E-state index contributed by atoms with van der Waals surface area (Å²) in [6.07, 6.45) is 2.60. The highest BCUT2D eigenvalue weighted by Crippen LogP contribution is 2.34. The van der Waals surface area contributed by atoms with Crippen molar-refractivity contribution < 1.29 is 29.3 Å². The minimum absolute atomic E-state index is 0.283.